The maximum atomic E-state index is 13.6. The monoisotopic (exact) mass is 504 g/mol. The smallest absolute Gasteiger partial charge is 0.264 e. The Morgan fingerprint density at radius 1 is 0.824 bits per heavy atom. The van der Waals surface area contributed by atoms with E-state index in [1.54, 1.807) is 0 Å². The first-order valence-electron chi connectivity index (χ1n) is 12.1. The summed E-state index contributed by atoms with van der Waals surface area (Å²) in [6.07, 6.45) is 3.19. The van der Waals surface area contributed by atoms with Crippen LogP contribution in [0.25, 0.3) is 0 Å². The highest BCUT2D eigenvalue weighted by Crippen LogP contribution is 2.31. The van der Waals surface area contributed by atoms with Crippen LogP contribution in [0.3, 0.4) is 0 Å². The van der Waals surface area contributed by atoms with Gasteiger partial charge in [-0.15, -0.1) is 22.7 Å². The van der Waals surface area contributed by atoms with Gasteiger partial charge in [0.25, 0.3) is 11.8 Å². The van der Waals surface area contributed by atoms with Gasteiger partial charge in [-0.3, -0.25) is 9.59 Å². The molecule has 0 unspecified atom stereocenters. The third kappa shape index (κ3) is 6.08. The van der Waals surface area contributed by atoms with Gasteiger partial charge in [0.05, 0.1) is 21.0 Å². The lowest BCUT2D eigenvalue weighted by atomic mass is 9.92. The van der Waals surface area contributed by atoms with Crippen LogP contribution in [0.1, 0.15) is 72.7 Å². The van der Waals surface area contributed by atoms with Crippen molar-refractivity contribution in [3.8, 4) is 0 Å². The Bertz CT molecular complexity index is 877. The van der Waals surface area contributed by atoms with E-state index in [9.17, 15) is 9.59 Å². The van der Waals surface area contributed by atoms with Crippen LogP contribution >= 0.6 is 22.7 Å². The zero-order valence-corrected chi connectivity index (χ0v) is 22.3. The first kappa shape index (κ1) is 25.4. The van der Waals surface area contributed by atoms with Crippen LogP contribution in [0.4, 0.5) is 0 Å². The van der Waals surface area contributed by atoms with E-state index in [2.05, 4.69) is 27.7 Å². The van der Waals surface area contributed by atoms with Crippen LogP contribution in [-0.4, -0.2) is 71.2 Å². The molecular formula is C26H36N2O4S2. The summed E-state index contributed by atoms with van der Waals surface area (Å²) in [4.78, 5) is 32.6. The number of ether oxygens (including phenoxy) is 2. The number of carbonyl (C=O) groups is 2. The Morgan fingerprint density at radius 2 is 1.24 bits per heavy atom. The molecule has 4 heterocycles. The summed E-state index contributed by atoms with van der Waals surface area (Å²) in [5.74, 6) is 0.0991. The van der Waals surface area contributed by atoms with Crippen molar-refractivity contribution in [3.63, 3.8) is 0 Å². The van der Waals surface area contributed by atoms with Crippen molar-refractivity contribution in [2.24, 2.45) is 0 Å². The largest absolute Gasteiger partial charge is 0.375 e. The van der Waals surface area contributed by atoms with Gasteiger partial charge < -0.3 is 19.3 Å². The molecule has 0 aliphatic carbocycles. The van der Waals surface area contributed by atoms with Gasteiger partial charge in [0, 0.05) is 38.4 Å². The van der Waals surface area contributed by atoms with E-state index >= 15 is 0 Å². The molecule has 0 radical (unpaired) electrons. The summed E-state index contributed by atoms with van der Waals surface area (Å²) < 4.78 is 11.9. The molecule has 2 fully saturated rings. The second kappa shape index (κ2) is 10.5. The van der Waals surface area contributed by atoms with Crippen molar-refractivity contribution < 1.29 is 19.1 Å². The van der Waals surface area contributed by atoms with E-state index in [0.29, 0.717) is 26.3 Å². The molecule has 0 aromatic carbocycles. The predicted octanol–water partition coefficient (Wildman–Crippen LogP) is 5.31. The highest BCUT2D eigenvalue weighted by Gasteiger charge is 2.38. The normalized spacial score (nSPS) is 23.9. The van der Waals surface area contributed by atoms with Gasteiger partial charge in [-0.05, 0) is 76.3 Å². The second-order valence-electron chi connectivity index (χ2n) is 10.5. The maximum absolute atomic E-state index is 13.6. The van der Waals surface area contributed by atoms with Gasteiger partial charge in [-0.2, -0.15) is 0 Å². The van der Waals surface area contributed by atoms with Crippen LogP contribution in [0.2, 0.25) is 0 Å². The second-order valence-corrected chi connectivity index (χ2v) is 12.4. The van der Waals surface area contributed by atoms with Crippen LogP contribution in [0.5, 0.6) is 0 Å². The average Bonchev–Trinajstić information content (AvgIpc) is 3.49. The number of hydrogen-bond donors (Lipinski definition) is 0. The lowest BCUT2D eigenvalue weighted by Crippen LogP contribution is -2.54. The standard InChI is InChI=1S/C26H36N2O4S2/c1-25(2)17-19(9-13-31-25)27(23(29)21-7-5-15-33-21)11-12-28(24(30)22-8-6-16-34-22)20-10-14-32-26(3,4)18-20/h5-8,15-16,19-20H,9-14,17-18H2,1-4H3/t19-,20+. The Morgan fingerprint density at radius 3 is 1.56 bits per heavy atom. The maximum Gasteiger partial charge on any atom is 0.264 e. The third-order valence-corrected chi connectivity index (χ3v) is 8.51. The van der Waals surface area contributed by atoms with E-state index in [0.717, 1.165) is 35.4 Å². The lowest BCUT2D eigenvalue weighted by Gasteiger charge is -2.44. The minimum Gasteiger partial charge on any atom is -0.375 e. The molecule has 2 aromatic heterocycles. The van der Waals surface area contributed by atoms with Crippen molar-refractivity contribution >= 4 is 34.5 Å². The lowest BCUT2D eigenvalue weighted by molar-refractivity contribution is -0.0847. The Balaban J connectivity index is 1.57. The molecule has 2 atom stereocenters. The van der Waals surface area contributed by atoms with Gasteiger partial charge >= 0.3 is 0 Å². The molecule has 0 saturated carbocycles. The molecule has 0 N–H and O–H groups in total. The fourth-order valence-electron chi connectivity index (χ4n) is 5.13. The quantitative estimate of drug-likeness (QED) is 0.513. The predicted molar refractivity (Wildman–Crippen MR) is 137 cm³/mol. The number of hydrogen-bond acceptors (Lipinski definition) is 6. The van der Waals surface area contributed by atoms with E-state index in [4.69, 9.17) is 9.47 Å². The molecule has 186 valence electrons. The Kier molecular flexibility index (Phi) is 7.82. The number of nitrogens with zero attached hydrogens (tertiary/aromatic N) is 2. The molecule has 0 bridgehead atoms. The van der Waals surface area contributed by atoms with Crippen molar-refractivity contribution in [3.05, 3.63) is 44.8 Å². The van der Waals surface area contributed by atoms with Crippen molar-refractivity contribution in [1.29, 1.82) is 0 Å². The van der Waals surface area contributed by atoms with E-state index in [-0.39, 0.29) is 35.1 Å². The van der Waals surface area contributed by atoms with Crippen LogP contribution in [0.15, 0.2) is 35.0 Å². The molecule has 2 aromatic rings. The highest BCUT2D eigenvalue weighted by atomic mass is 32.1. The summed E-state index contributed by atoms with van der Waals surface area (Å²) in [5.41, 5.74) is -0.539. The molecule has 6 nitrogen and oxygen atoms in total. The zero-order valence-electron chi connectivity index (χ0n) is 20.6. The Hall–Kier alpha value is -1.74. The number of amides is 2. The summed E-state index contributed by atoms with van der Waals surface area (Å²) in [6.45, 7) is 10.6. The summed E-state index contributed by atoms with van der Waals surface area (Å²) >= 11 is 2.94. The fraction of sp³-hybridized carbons (Fsp3) is 0.615. The molecule has 8 heteroatoms. The highest BCUT2D eigenvalue weighted by molar-refractivity contribution is 7.12. The van der Waals surface area contributed by atoms with Crippen LogP contribution in [-0.2, 0) is 9.47 Å². The van der Waals surface area contributed by atoms with Crippen molar-refractivity contribution in [2.75, 3.05) is 26.3 Å². The first-order chi connectivity index (χ1) is 16.2. The van der Waals surface area contributed by atoms with E-state index in [1.807, 2.05) is 44.8 Å². The van der Waals surface area contributed by atoms with Gasteiger partial charge in [0.2, 0.25) is 0 Å². The molecule has 2 aliphatic rings. The van der Waals surface area contributed by atoms with Gasteiger partial charge in [0.15, 0.2) is 0 Å². The molecule has 2 aliphatic heterocycles. The summed E-state index contributed by atoms with van der Waals surface area (Å²) in [7, 11) is 0. The molecule has 2 saturated heterocycles. The zero-order chi connectivity index (χ0) is 24.3. The number of thiophene rings is 2. The number of carbonyl (C=O) groups excluding carboxylic acids is 2. The topological polar surface area (TPSA) is 59.1 Å². The van der Waals surface area contributed by atoms with E-state index in [1.165, 1.54) is 22.7 Å². The average molecular weight is 505 g/mol. The third-order valence-electron chi connectivity index (χ3n) is 6.79. The molecular weight excluding hydrogens is 468 g/mol. The van der Waals surface area contributed by atoms with E-state index < -0.39 is 0 Å². The van der Waals surface area contributed by atoms with Gasteiger partial charge in [-0.25, -0.2) is 0 Å². The van der Waals surface area contributed by atoms with Crippen LogP contribution < -0.4 is 0 Å². The summed E-state index contributed by atoms with van der Waals surface area (Å²) in [5, 5.41) is 3.88. The van der Waals surface area contributed by atoms with Crippen molar-refractivity contribution in [2.45, 2.75) is 76.7 Å². The Labute approximate surface area is 210 Å². The molecule has 34 heavy (non-hydrogen) atoms. The molecule has 2 amide bonds. The van der Waals surface area contributed by atoms with Crippen molar-refractivity contribution in [1.82, 2.24) is 9.80 Å². The van der Waals surface area contributed by atoms with Gasteiger partial charge in [0.1, 0.15) is 0 Å². The van der Waals surface area contributed by atoms with Crippen LogP contribution in [0, 0.1) is 0 Å². The molecule has 4 rings (SSSR count). The minimum atomic E-state index is -0.270. The van der Waals surface area contributed by atoms with Gasteiger partial charge in [-0.1, -0.05) is 12.1 Å². The molecule has 0 spiro atoms. The fourth-order valence-corrected chi connectivity index (χ4v) is 6.49. The SMILES string of the molecule is CC1(C)C[C@H](N(CCN(C(=O)c2cccs2)[C@H]2CCOC(C)(C)C2)C(=O)c2cccs2)CCO1. The minimum absolute atomic E-state index is 0.0496. The first-order valence-corrected chi connectivity index (χ1v) is 13.9. The number of rotatable bonds is 7. The summed E-state index contributed by atoms with van der Waals surface area (Å²) in [6, 6.07) is 7.79.